The van der Waals surface area contributed by atoms with E-state index in [-0.39, 0.29) is 40.2 Å². The minimum absolute atomic E-state index is 0.0531. The van der Waals surface area contributed by atoms with Crippen LogP contribution < -0.4 is 9.47 Å². The standard InChI is InChI=1S/C36H30O16/c37-21-6-1-18(11-24(21)40)14-29(34(44)45)49-31(43)10-4-17-3-9-27-28(13-17)51-33(32(50-27)20-5-8-23(39)26(42)16-20)36(48)52-30(35(46)47)15-19-2-7-22(38)25(41)12-19/h1-13,16,29-30,32-33,37-42H,14-15H2,(H,44,45)(H,46,47)/b10-4+/t29-,30-,32-,33-/m1/s1. The van der Waals surface area contributed by atoms with Crippen molar-refractivity contribution in [3.63, 3.8) is 0 Å². The Labute approximate surface area is 293 Å². The van der Waals surface area contributed by atoms with Gasteiger partial charge in [-0.25, -0.2) is 19.2 Å². The summed E-state index contributed by atoms with van der Waals surface area (Å²) in [5.74, 6) is -8.08. The van der Waals surface area contributed by atoms with Crippen LogP contribution in [0.25, 0.3) is 6.08 Å². The van der Waals surface area contributed by atoms with Crippen LogP contribution >= 0.6 is 0 Å². The molecule has 0 bridgehead atoms. The highest BCUT2D eigenvalue weighted by molar-refractivity contribution is 5.89. The molecule has 4 aromatic rings. The number of carbonyl (C=O) groups excluding carboxylic acids is 2. The molecule has 270 valence electrons. The largest absolute Gasteiger partial charge is 0.504 e. The number of rotatable bonds is 12. The average Bonchev–Trinajstić information content (AvgIpc) is 3.10. The molecular weight excluding hydrogens is 688 g/mol. The number of hydrogen-bond acceptors (Lipinski definition) is 14. The molecule has 8 N–H and O–H groups in total. The van der Waals surface area contributed by atoms with Crippen molar-refractivity contribution < 1.29 is 79.0 Å². The number of carboxylic acids is 2. The van der Waals surface area contributed by atoms with Crippen molar-refractivity contribution in [2.45, 2.75) is 37.3 Å². The molecule has 0 saturated carbocycles. The molecule has 0 fully saturated rings. The summed E-state index contributed by atoms with van der Waals surface area (Å²) in [6.07, 6.45) is -4.99. The maximum absolute atomic E-state index is 13.6. The molecule has 1 heterocycles. The molecule has 1 aliphatic heterocycles. The van der Waals surface area contributed by atoms with Gasteiger partial charge in [-0.05, 0) is 71.3 Å². The molecule has 16 heteroatoms. The highest BCUT2D eigenvalue weighted by Gasteiger charge is 2.41. The van der Waals surface area contributed by atoms with E-state index in [1.165, 1.54) is 42.5 Å². The Morgan fingerprint density at radius 1 is 0.615 bits per heavy atom. The molecule has 0 aromatic heterocycles. The molecule has 4 aromatic carbocycles. The first-order valence-corrected chi connectivity index (χ1v) is 15.2. The lowest BCUT2D eigenvalue weighted by atomic mass is 10.0. The molecule has 5 rings (SSSR count). The third kappa shape index (κ3) is 8.54. The van der Waals surface area contributed by atoms with Gasteiger partial charge in [0, 0.05) is 24.5 Å². The van der Waals surface area contributed by atoms with Crippen LogP contribution in [0.5, 0.6) is 46.0 Å². The van der Waals surface area contributed by atoms with Gasteiger partial charge in [0.1, 0.15) is 0 Å². The first kappa shape index (κ1) is 36.2. The number of phenols is 6. The summed E-state index contributed by atoms with van der Waals surface area (Å²) in [5, 5.41) is 77.8. The second kappa shape index (κ2) is 15.2. The molecule has 1 aliphatic rings. The Bertz CT molecular complexity index is 2050. The Hall–Kier alpha value is -7.10. The van der Waals surface area contributed by atoms with Gasteiger partial charge in [-0.1, -0.05) is 24.3 Å². The summed E-state index contributed by atoms with van der Waals surface area (Å²) in [6, 6.07) is 15.0. The van der Waals surface area contributed by atoms with Crippen molar-refractivity contribution in [2.75, 3.05) is 0 Å². The Morgan fingerprint density at radius 3 is 1.69 bits per heavy atom. The summed E-state index contributed by atoms with van der Waals surface area (Å²) in [6.45, 7) is 0. The number of carboxylic acid groups (broad SMARTS) is 2. The SMILES string of the molecule is O=C(/C=C/c1ccc2c(c1)O[C@@H](C(=O)O[C@H](Cc1ccc(O)c(O)c1)C(=O)O)[C@@H](c1ccc(O)c(O)c1)O2)O[C@H](Cc1ccc(O)c(O)c1)C(=O)O. The molecular formula is C36H30O16. The van der Waals surface area contributed by atoms with Crippen LogP contribution in [0.3, 0.4) is 0 Å². The van der Waals surface area contributed by atoms with Crippen LogP contribution in [0.2, 0.25) is 0 Å². The minimum Gasteiger partial charge on any atom is -0.504 e. The van der Waals surface area contributed by atoms with Gasteiger partial charge in [0.05, 0.1) is 0 Å². The molecule has 0 amide bonds. The minimum atomic E-state index is -1.79. The summed E-state index contributed by atoms with van der Waals surface area (Å²) >= 11 is 0. The Balaban J connectivity index is 1.36. The molecule has 0 saturated heterocycles. The number of benzene rings is 4. The quantitative estimate of drug-likeness (QED) is 0.0593. The first-order valence-electron chi connectivity index (χ1n) is 15.2. The fourth-order valence-corrected chi connectivity index (χ4v) is 5.08. The summed E-state index contributed by atoms with van der Waals surface area (Å²) in [5.41, 5.74) is 0.916. The van der Waals surface area contributed by atoms with Crippen LogP contribution in [-0.2, 0) is 41.5 Å². The Morgan fingerprint density at radius 2 is 1.15 bits per heavy atom. The number of aromatic hydroxyl groups is 6. The van der Waals surface area contributed by atoms with Gasteiger partial charge in [0.25, 0.3) is 0 Å². The summed E-state index contributed by atoms with van der Waals surface area (Å²) in [4.78, 5) is 49.9. The summed E-state index contributed by atoms with van der Waals surface area (Å²) < 4.78 is 22.4. The summed E-state index contributed by atoms with van der Waals surface area (Å²) in [7, 11) is 0. The molecule has 4 atom stereocenters. The van der Waals surface area contributed by atoms with Crippen molar-refractivity contribution >= 4 is 30.0 Å². The van der Waals surface area contributed by atoms with Crippen LogP contribution in [0, 0.1) is 0 Å². The smallest absolute Gasteiger partial charge is 0.352 e. The van der Waals surface area contributed by atoms with Crippen molar-refractivity contribution in [1.29, 1.82) is 0 Å². The molecule has 0 aliphatic carbocycles. The Kier molecular flexibility index (Phi) is 10.6. The first-order chi connectivity index (χ1) is 24.7. The van der Waals surface area contributed by atoms with Crippen LogP contribution in [-0.4, -0.2) is 83.0 Å². The van der Waals surface area contributed by atoms with E-state index < -0.39 is 89.2 Å². The third-order valence-electron chi connectivity index (χ3n) is 7.71. The van der Waals surface area contributed by atoms with Crippen LogP contribution in [0.15, 0.2) is 78.9 Å². The van der Waals surface area contributed by atoms with E-state index in [9.17, 15) is 60.0 Å². The predicted octanol–water partition coefficient (Wildman–Crippen LogP) is 3.29. The normalized spacial score (nSPS) is 16.1. The lowest BCUT2D eigenvalue weighted by Crippen LogP contribution is -2.43. The van der Waals surface area contributed by atoms with E-state index >= 15 is 0 Å². The second-order valence-electron chi connectivity index (χ2n) is 11.4. The zero-order valence-corrected chi connectivity index (χ0v) is 26.7. The number of ether oxygens (including phenoxy) is 4. The lowest BCUT2D eigenvalue weighted by Gasteiger charge is -2.33. The molecule has 0 spiro atoms. The average molecular weight is 719 g/mol. The van der Waals surface area contributed by atoms with Gasteiger partial charge in [-0.2, -0.15) is 0 Å². The zero-order valence-electron chi connectivity index (χ0n) is 26.7. The van der Waals surface area contributed by atoms with Crippen LogP contribution in [0.1, 0.15) is 28.4 Å². The fourth-order valence-electron chi connectivity index (χ4n) is 5.08. The van der Waals surface area contributed by atoms with E-state index in [4.69, 9.17) is 18.9 Å². The molecule has 0 unspecified atom stereocenters. The van der Waals surface area contributed by atoms with E-state index in [1.54, 1.807) is 0 Å². The maximum Gasteiger partial charge on any atom is 0.352 e. The number of esters is 2. The second-order valence-corrected chi connectivity index (χ2v) is 11.4. The van der Waals surface area contributed by atoms with Crippen molar-refractivity contribution in [1.82, 2.24) is 0 Å². The topological polar surface area (TPSA) is 267 Å². The van der Waals surface area contributed by atoms with Gasteiger partial charge < -0.3 is 59.8 Å². The third-order valence-corrected chi connectivity index (χ3v) is 7.71. The van der Waals surface area contributed by atoms with Crippen molar-refractivity contribution in [3.8, 4) is 46.0 Å². The van der Waals surface area contributed by atoms with Crippen molar-refractivity contribution in [3.05, 3.63) is 101 Å². The number of phenolic OH excluding ortho intramolecular Hbond substituents is 6. The van der Waals surface area contributed by atoms with Crippen LogP contribution in [0.4, 0.5) is 0 Å². The van der Waals surface area contributed by atoms with E-state index in [0.717, 1.165) is 42.5 Å². The number of aliphatic carboxylic acids is 2. The predicted molar refractivity (Wildman–Crippen MR) is 175 cm³/mol. The highest BCUT2D eigenvalue weighted by Crippen LogP contribution is 2.42. The van der Waals surface area contributed by atoms with Gasteiger partial charge >= 0.3 is 23.9 Å². The molecule has 0 radical (unpaired) electrons. The number of carbonyl (C=O) groups is 4. The molecule has 16 nitrogen and oxygen atoms in total. The maximum atomic E-state index is 13.6. The van der Waals surface area contributed by atoms with Gasteiger partial charge in [0.15, 0.2) is 52.1 Å². The van der Waals surface area contributed by atoms with Gasteiger partial charge in [0.2, 0.25) is 18.3 Å². The van der Waals surface area contributed by atoms with Gasteiger partial charge in [-0.3, -0.25) is 0 Å². The molecule has 52 heavy (non-hydrogen) atoms. The van der Waals surface area contributed by atoms with E-state index in [0.29, 0.717) is 0 Å². The van der Waals surface area contributed by atoms with Gasteiger partial charge in [-0.15, -0.1) is 0 Å². The lowest BCUT2D eigenvalue weighted by molar-refractivity contribution is -0.173. The zero-order chi connectivity index (χ0) is 37.7. The fraction of sp³-hybridized carbons (Fsp3) is 0.167. The monoisotopic (exact) mass is 718 g/mol. The van der Waals surface area contributed by atoms with E-state index in [1.807, 2.05) is 0 Å². The van der Waals surface area contributed by atoms with E-state index in [2.05, 4.69) is 0 Å². The van der Waals surface area contributed by atoms with Crippen molar-refractivity contribution in [2.24, 2.45) is 0 Å². The number of fused-ring (bicyclic) bond motifs is 1. The highest BCUT2D eigenvalue weighted by atomic mass is 16.6. The number of hydrogen-bond donors (Lipinski definition) is 8.